The van der Waals surface area contributed by atoms with Crippen LogP contribution in [0.4, 0.5) is 0 Å². The van der Waals surface area contributed by atoms with Gasteiger partial charge in [0.1, 0.15) is 5.75 Å². The molecule has 2 aromatic carbocycles. The number of ketones is 1. The van der Waals surface area contributed by atoms with Crippen molar-refractivity contribution in [1.29, 1.82) is 0 Å². The molecule has 0 amide bonds. The summed E-state index contributed by atoms with van der Waals surface area (Å²) in [6, 6.07) is 13.3. The Hall–Kier alpha value is -2.60. The molecule has 3 aromatic rings. The summed E-state index contributed by atoms with van der Waals surface area (Å²) >= 11 is 1.25. The number of Topliss-reactive ketones (excluding diaryl/α,β-unsaturated/α-hetero) is 1. The molecule has 6 heteroatoms. The van der Waals surface area contributed by atoms with Crippen LogP contribution in [0, 0.1) is 13.8 Å². The van der Waals surface area contributed by atoms with Crippen molar-refractivity contribution in [1.82, 2.24) is 10.2 Å². The first-order valence-corrected chi connectivity index (χ1v) is 9.35. The minimum atomic E-state index is 0.0494. The zero-order valence-electron chi connectivity index (χ0n) is 15.0. The predicted octanol–water partition coefficient (Wildman–Crippen LogP) is 4.73. The fourth-order valence-electron chi connectivity index (χ4n) is 2.58. The molecule has 0 aliphatic carbocycles. The van der Waals surface area contributed by atoms with Crippen molar-refractivity contribution in [2.75, 3.05) is 12.4 Å². The maximum atomic E-state index is 12.4. The molecule has 134 valence electrons. The lowest BCUT2D eigenvalue weighted by molar-refractivity contribution is 0.102. The average Bonchev–Trinajstić information content (AvgIpc) is 3.10. The second-order valence-corrected chi connectivity index (χ2v) is 6.79. The Bertz CT molecular complexity index is 904. The summed E-state index contributed by atoms with van der Waals surface area (Å²) in [6.07, 6.45) is 0. The van der Waals surface area contributed by atoms with Gasteiger partial charge in [-0.3, -0.25) is 4.79 Å². The first-order chi connectivity index (χ1) is 12.6. The molecule has 0 bridgehead atoms. The van der Waals surface area contributed by atoms with E-state index in [0.29, 0.717) is 17.7 Å². The summed E-state index contributed by atoms with van der Waals surface area (Å²) in [4.78, 5) is 12.4. The van der Waals surface area contributed by atoms with E-state index in [1.165, 1.54) is 11.8 Å². The summed E-state index contributed by atoms with van der Waals surface area (Å²) in [6.45, 7) is 6.52. The summed E-state index contributed by atoms with van der Waals surface area (Å²) in [5.74, 6) is 1.53. The van der Waals surface area contributed by atoms with Crippen LogP contribution in [0.5, 0.6) is 5.75 Å². The molecule has 0 radical (unpaired) electrons. The molecule has 1 aromatic heterocycles. The zero-order chi connectivity index (χ0) is 18.5. The molecule has 0 N–H and O–H groups in total. The van der Waals surface area contributed by atoms with Gasteiger partial charge >= 0.3 is 0 Å². The third-order valence-electron chi connectivity index (χ3n) is 3.83. The highest BCUT2D eigenvalue weighted by Crippen LogP contribution is 2.25. The molecule has 5 nitrogen and oxygen atoms in total. The van der Waals surface area contributed by atoms with E-state index in [2.05, 4.69) is 10.2 Å². The summed E-state index contributed by atoms with van der Waals surface area (Å²) in [7, 11) is 0. The highest BCUT2D eigenvalue weighted by atomic mass is 32.2. The number of aryl methyl sites for hydroxylation is 2. The lowest BCUT2D eigenvalue weighted by Crippen LogP contribution is -2.04. The van der Waals surface area contributed by atoms with Crippen molar-refractivity contribution in [3.05, 3.63) is 59.2 Å². The van der Waals surface area contributed by atoms with E-state index in [0.717, 1.165) is 28.0 Å². The van der Waals surface area contributed by atoms with Crippen molar-refractivity contribution in [2.45, 2.75) is 26.0 Å². The van der Waals surface area contributed by atoms with Crippen LogP contribution in [0.2, 0.25) is 0 Å². The van der Waals surface area contributed by atoms with Gasteiger partial charge in [-0.2, -0.15) is 0 Å². The number of carbonyl (C=O) groups is 1. The molecule has 0 spiro atoms. The zero-order valence-corrected chi connectivity index (χ0v) is 15.8. The number of thioether (sulfide) groups is 1. The molecule has 0 saturated heterocycles. The van der Waals surface area contributed by atoms with Gasteiger partial charge in [0.05, 0.1) is 12.4 Å². The third-order valence-corrected chi connectivity index (χ3v) is 4.65. The van der Waals surface area contributed by atoms with Crippen LogP contribution < -0.4 is 4.74 Å². The molecule has 0 aliphatic rings. The highest BCUT2D eigenvalue weighted by molar-refractivity contribution is 7.99. The van der Waals surface area contributed by atoms with E-state index in [9.17, 15) is 4.79 Å². The lowest BCUT2D eigenvalue weighted by Gasteiger charge is -2.04. The molecule has 0 atom stereocenters. The minimum Gasteiger partial charge on any atom is -0.494 e. The Morgan fingerprint density at radius 1 is 1.12 bits per heavy atom. The summed E-state index contributed by atoms with van der Waals surface area (Å²) < 4.78 is 11.1. The molecule has 3 rings (SSSR count). The van der Waals surface area contributed by atoms with Crippen LogP contribution in [-0.2, 0) is 0 Å². The molecule has 0 unspecified atom stereocenters. The number of hydrogen-bond donors (Lipinski definition) is 0. The normalized spacial score (nSPS) is 10.7. The van der Waals surface area contributed by atoms with Gasteiger partial charge in [0.15, 0.2) is 5.78 Å². The van der Waals surface area contributed by atoms with Crippen LogP contribution >= 0.6 is 11.8 Å². The van der Waals surface area contributed by atoms with Crippen molar-refractivity contribution < 1.29 is 13.9 Å². The number of carbonyl (C=O) groups excluding carboxylic acids is 1. The Morgan fingerprint density at radius 3 is 2.58 bits per heavy atom. The fourth-order valence-corrected chi connectivity index (χ4v) is 3.22. The molecule has 0 saturated carbocycles. The minimum absolute atomic E-state index is 0.0494. The van der Waals surface area contributed by atoms with Gasteiger partial charge < -0.3 is 9.15 Å². The summed E-state index contributed by atoms with van der Waals surface area (Å²) in [5.41, 5.74) is 3.67. The standard InChI is InChI=1S/C20H20N2O3S/c1-4-24-16-8-6-15(7-9-16)19-21-22-20(25-19)26-12-18(23)17-10-5-13(2)11-14(17)3/h5-11H,4,12H2,1-3H3. The molecule has 0 fully saturated rings. The maximum Gasteiger partial charge on any atom is 0.277 e. The molecule has 26 heavy (non-hydrogen) atoms. The Balaban J connectivity index is 1.64. The van der Waals surface area contributed by atoms with E-state index in [1.807, 2.05) is 63.2 Å². The Morgan fingerprint density at radius 2 is 1.88 bits per heavy atom. The van der Waals surface area contributed by atoms with E-state index >= 15 is 0 Å². The Kier molecular flexibility index (Phi) is 5.73. The number of benzene rings is 2. The third kappa shape index (κ3) is 4.32. The SMILES string of the molecule is CCOc1ccc(-c2nnc(SCC(=O)c3ccc(C)cc3C)o2)cc1. The van der Waals surface area contributed by atoms with Gasteiger partial charge in [-0.25, -0.2) is 0 Å². The van der Waals surface area contributed by atoms with Gasteiger partial charge in [-0.15, -0.1) is 10.2 Å². The monoisotopic (exact) mass is 368 g/mol. The van der Waals surface area contributed by atoms with E-state index in [-0.39, 0.29) is 11.5 Å². The van der Waals surface area contributed by atoms with Crippen LogP contribution in [0.1, 0.15) is 28.4 Å². The molecule has 1 heterocycles. The van der Waals surface area contributed by atoms with Crippen molar-refractivity contribution in [2.24, 2.45) is 0 Å². The van der Waals surface area contributed by atoms with Crippen molar-refractivity contribution in [3.63, 3.8) is 0 Å². The van der Waals surface area contributed by atoms with Crippen LogP contribution in [-0.4, -0.2) is 28.3 Å². The lowest BCUT2D eigenvalue weighted by atomic mass is 10.0. The number of rotatable bonds is 7. The Labute approximate surface area is 156 Å². The number of ether oxygens (including phenoxy) is 1. The first kappa shape index (κ1) is 18.2. The molecule has 0 aliphatic heterocycles. The number of aromatic nitrogens is 2. The first-order valence-electron chi connectivity index (χ1n) is 8.37. The largest absolute Gasteiger partial charge is 0.494 e. The van der Waals surface area contributed by atoms with Crippen LogP contribution in [0.25, 0.3) is 11.5 Å². The van der Waals surface area contributed by atoms with Crippen LogP contribution in [0.3, 0.4) is 0 Å². The topological polar surface area (TPSA) is 65.2 Å². The van der Waals surface area contributed by atoms with Crippen molar-refractivity contribution >= 4 is 17.5 Å². The smallest absolute Gasteiger partial charge is 0.277 e. The van der Waals surface area contributed by atoms with Crippen LogP contribution in [0.15, 0.2) is 52.1 Å². The van der Waals surface area contributed by atoms with Gasteiger partial charge in [0.25, 0.3) is 5.22 Å². The fraction of sp³-hybridized carbons (Fsp3) is 0.250. The van der Waals surface area contributed by atoms with Crippen molar-refractivity contribution in [3.8, 4) is 17.2 Å². The predicted molar refractivity (Wildman–Crippen MR) is 102 cm³/mol. The second kappa shape index (κ2) is 8.19. The van der Waals surface area contributed by atoms with Gasteiger partial charge in [0, 0.05) is 11.1 Å². The van der Waals surface area contributed by atoms with Gasteiger partial charge in [-0.1, -0.05) is 35.5 Å². The van der Waals surface area contributed by atoms with E-state index < -0.39 is 0 Å². The van der Waals surface area contributed by atoms with E-state index in [4.69, 9.17) is 9.15 Å². The van der Waals surface area contributed by atoms with Gasteiger partial charge in [-0.05, 0) is 50.6 Å². The number of nitrogens with zero attached hydrogens (tertiary/aromatic N) is 2. The maximum absolute atomic E-state index is 12.4. The number of hydrogen-bond acceptors (Lipinski definition) is 6. The summed E-state index contributed by atoms with van der Waals surface area (Å²) in [5, 5.41) is 8.45. The molecular formula is C20H20N2O3S. The molecular weight excluding hydrogens is 348 g/mol. The average molecular weight is 368 g/mol. The highest BCUT2D eigenvalue weighted by Gasteiger charge is 2.14. The quantitative estimate of drug-likeness (QED) is 0.444. The van der Waals surface area contributed by atoms with E-state index in [1.54, 1.807) is 0 Å². The van der Waals surface area contributed by atoms with Gasteiger partial charge in [0.2, 0.25) is 5.89 Å². The second-order valence-electron chi connectivity index (χ2n) is 5.86.